The van der Waals surface area contributed by atoms with Gasteiger partial charge in [0.25, 0.3) is 0 Å². The molecule has 4 heteroatoms. The Bertz CT molecular complexity index is 545. The Hall–Kier alpha value is -1.75. The van der Waals surface area contributed by atoms with E-state index in [9.17, 15) is 0 Å². The topological polar surface area (TPSA) is 51.6 Å². The van der Waals surface area contributed by atoms with E-state index < -0.39 is 0 Å². The maximum absolute atomic E-state index is 8.70. The number of pyridine rings is 1. The minimum absolute atomic E-state index is 0.0539. The number of methoxy groups -OCH3 is 1. The first kappa shape index (κ1) is 16.6. The van der Waals surface area contributed by atoms with Gasteiger partial charge in [-0.3, -0.25) is 4.98 Å². The lowest BCUT2D eigenvalue weighted by Crippen LogP contribution is -2.18. The van der Waals surface area contributed by atoms with Gasteiger partial charge in [0.2, 0.25) is 0 Å². The molecule has 1 unspecified atom stereocenters. The SMILES string of the molecule is COC(CCOCCO)Cc1cccc(-c2ccccc2)n1. The van der Waals surface area contributed by atoms with E-state index >= 15 is 0 Å². The van der Waals surface area contributed by atoms with Crippen LogP contribution in [0.25, 0.3) is 11.3 Å². The van der Waals surface area contributed by atoms with Gasteiger partial charge in [-0.25, -0.2) is 0 Å². The van der Waals surface area contributed by atoms with Gasteiger partial charge in [-0.05, 0) is 18.6 Å². The molecule has 0 bridgehead atoms. The van der Waals surface area contributed by atoms with Crippen LogP contribution in [0.3, 0.4) is 0 Å². The second kappa shape index (κ2) is 9.30. The molecule has 0 saturated carbocycles. The molecule has 0 fully saturated rings. The monoisotopic (exact) mass is 301 g/mol. The smallest absolute Gasteiger partial charge is 0.0705 e. The quantitative estimate of drug-likeness (QED) is 0.724. The summed E-state index contributed by atoms with van der Waals surface area (Å²) >= 11 is 0. The molecule has 1 N–H and O–H groups in total. The van der Waals surface area contributed by atoms with Crippen LogP contribution in [0.5, 0.6) is 0 Å². The van der Waals surface area contributed by atoms with Crippen LogP contribution in [0, 0.1) is 0 Å². The van der Waals surface area contributed by atoms with Crippen LogP contribution in [0.15, 0.2) is 48.5 Å². The van der Waals surface area contributed by atoms with Gasteiger partial charge < -0.3 is 14.6 Å². The molecule has 1 aromatic carbocycles. The van der Waals surface area contributed by atoms with Crippen molar-refractivity contribution in [2.24, 2.45) is 0 Å². The van der Waals surface area contributed by atoms with E-state index in [1.54, 1.807) is 7.11 Å². The molecule has 4 nitrogen and oxygen atoms in total. The second-order valence-corrected chi connectivity index (χ2v) is 5.07. The van der Waals surface area contributed by atoms with Crippen LogP contribution >= 0.6 is 0 Å². The van der Waals surface area contributed by atoms with Crippen molar-refractivity contribution in [3.8, 4) is 11.3 Å². The molecule has 2 aromatic rings. The van der Waals surface area contributed by atoms with E-state index in [0.717, 1.165) is 29.8 Å². The predicted octanol–water partition coefficient (Wildman–Crippen LogP) is 2.71. The third-order valence-electron chi connectivity index (χ3n) is 3.47. The number of hydrogen-bond donors (Lipinski definition) is 1. The lowest BCUT2D eigenvalue weighted by Gasteiger charge is -2.15. The molecule has 22 heavy (non-hydrogen) atoms. The number of ether oxygens (including phenoxy) is 2. The molecular formula is C18H23NO3. The fraction of sp³-hybridized carbons (Fsp3) is 0.389. The molecule has 0 amide bonds. The Morgan fingerprint density at radius 1 is 1.05 bits per heavy atom. The molecule has 1 atom stereocenters. The van der Waals surface area contributed by atoms with Gasteiger partial charge >= 0.3 is 0 Å². The van der Waals surface area contributed by atoms with E-state index in [1.807, 2.05) is 36.4 Å². The van der Waals surface area contributed by atoms with Crippen LogP contribution in [0.4, 0.5) is 0 Å². The molecule has 0 saturated heterocycles. The van der Waals surface area contributed by atoms with Crippen LogP contribution in [0.2, 0.25) is 0 Å². The van der Waals surface area contributed by atoms with E-state index in [0.29, 0.717) is 13.2 Å². The van der Waals surface area contributed by atoms with Crippen LogP contribution in [-0.2, 0) is 15.9 Å². The fourth-order valence-electron chi connectivity index (χ4n) is 2.28. The van der Waals surface area contributed by atoms with Crippen molar-refractivity contribution in [2.45, 2.75) is 18.9 Å². The Morgan fingerprint density at radius 2 is 1.86 bits per heavy atom. The molecule has 0 aliphatic rings. The molecule has 2 rings (SSSR count). The normalized spacial score (nSPS) is 12.3. The van der Waals surface area contributed by atoms with Crippen LogP contribution in [0.1, 0.15) is 12.1 Å². The highest BCUT2D eigenvalue weighted by molar-refractivity contribution is 5.58. The van der Waals surface area contributed by atoms with Crippen molar-refractivity contribution in [1.82, 2.24) is 4.98 Å². The number of hydrogen-bond acceptors (Lipinski definition) is 4. The van der Waals surface area contributed by atoms with E-state index in [2.05, 4.69) is 12.1 Å². The average molecular weight is 301 g/mol. The Morgan fingerprint density at radius 3 is 2.59 bits per heavy atom. The Kier molecular flexibility index (Phi) is 7.03. The molecule has 0 radical (unpaired) electrons. The summed E-state index contributed by atoms with van der Waals surface area (Å²) in [6.45, 7) is 1.01. The Labute approximate surface area is 131 Å². The zero-order chi connectivity index (χ0) is 15.6. The zero-order valence-electron chi connectivity index (χ0n) is 12.9. The van der Waals surface area contributed by atoms with Gasteiger partial charge in [0.1, 0.15) is 0 Å². The highest BCUT2D eigenvalue weighted by Crippen LogP contribution is 2.17. The predicted molar refractivity (Wildman–Crippen MR) is 86.7 cm³/mol. The highest BCUT2D eigenvalue weighted by atomic mass is 16.5. The van der Waals surface area contributed by atoms with Gasteiger partial charge in [-0.1, -0.05) is 36.4 Å². The summed E-state index contributed by atoms with van der Waals surface area (Å²) in [6.07, 6.45) is 1.60. The van der Waals surface area contributed by atoms with Crippen molar-refractivity contribution in [3.05, 3.63) is 54.2 Å². The maximum atomic E-state index is 8.70. The summed E-state index contributed by atoms with van der Waals surface area (Å²) < 4.78 is 10.8. The van der Waals surface area contributed by atoms with E-state index in [4.69, 9.17) is 19.6 Å². The first-order chi connectivity index (χ1) is 10.8. The van der Waals surface area contributed by atoms with Crippen LogP contribution in [-0.4, -0.2) is 43.1 Å². The van der Waals surface area contributed by atoms with E-state index in [1.165, 1.54) is 0 Å². The highest BCUT2D eigenvalue weighted by Gasteiger charge is 2.10. The van der Waals surface area contributed by atoms with Gasteiger partial charge in [0, 0.05) is 31.4 Å². The number of benzene rings is 1. The molecule has 1 aromatic heterocycles. The summed E-state index contributed by atoms with van der Waals surface area (Å²) in [5.41, 5.74) is 3.10. The molecule has 0 spiro atoms. The summed E-state index contributed by atoms with van der Waals surface area (Å²) in [5.74, 6) is 0. The third kappa shape index (κ3) is 5.22. The minimum atomic E-state index is 0.0539. The fourth-order valence-corrected chi connectivity index (χ4v) is 2.28. The first-order valence-electron chi connectivity index (χ1n) is 7.56. The number of aromatic nitrogens is 1. The molecule has 1 heterocycles. The summed E-state index contributed by atoms with van der Waals surface area (Å²) in [5, 5.41) is 8.70. The van der Waals surface area contributed by atoms with Gasteiger partial charge in [0.05, 0.1) is 25.0 Å². The van der Waals surface area contributed by atoms with Crippen molar-refractivity contribution in [3.63, 3.8) is 0 Å². The molecule has 0 aliphatic carbocycles. The number of rotatable bonds is 9. The lowest BCUT2D eigenvalue weighted by molar-refractivity contribution is 0.0399. The van der Waals surface area contributed by atoms with Crippen molar-refractivity contribution >= 4 is 0 Å². The van der Waals surface area contributed by atoms with Crippen molar-refractivity contribution < 1.29 is 14.6 Å². The van der Waals surface area contributed by atoms with Crippen LogP contribution < -0.4 is 0 Å². The largest absolute Gasteiger partial charge is 0.394 e. The van der Waals surface area contributed by atoms with Crippen molar-refractivity contribution in [2.75, 3.05) is 26.9 Å². The Balaban J connectivity index is 1.97. The van der Waals surface area contributed by atoms with Gasteiger partial charge in [-0.2, -0.15) is 0 Å². The molecular weight excluding hydrogens is 278 g/mol. The average Bonchev–Trinajstić information content (AvgIpc) is 2.58. The van der Waals surface area contributed by atoms with Gasteiger partial charge in [-0.15, -0.1) is 0 Å². The zero-order valence-corrected chi connectivity index (χ0v) is 12.9. The number of aliphatic hydroxyl groups excluding tert-OH is 1. The summed E-state index contributed by atoms with van der Waals surface area (Å²) in [6, 6.07) is 16.2. The minimum Gasteiger partial charge on any atom is -0.394 e. The third-order valence-corrected chi connectivity index (χ3v) is 3.47. The second-order valence-electron chi connectivity index (χ2n) is 5.07. The lowest BCUT2D eigenvalue weighted by atomic mass is 10.1. The van der Waals surface area contributed by atoms with Gasteiger partial charge in [0.15, 0.2) is 0 Å². The number of aliphatic hydroxyl groups is 1. The first-order valence-corrected chi connectivity index (χ1v) is 7.56. The standard InChI is InChI=1S/C18H23NO3/c1-21-17(10-12-22-13-11-20)14-16-8-5-9-18(19-16)15-6-3-2-4-7-15/h2-9,17,20H,10-14H2,1H3. The van der Waals surface area contributed by atoms with E-state index in [-0.39, 0.29) is 12.7 Å². The summed E-state index contributed by atoms with van der Waals surface area (Å²) in [4.78, 5) is 4.71. The maximum Gasteiger partial charge on any atom is 0.0705 e. The summed E-state index contributed by atoms with van der Waals surface area (Å²) in [7, 11) is 1.71. The molecule has 118 valence electrons. The van der Waals surface area contributed by atoms with Crippen molar-refractivity contribution in [1.29, 1.82) is 0 Å². The molecule has 0 aliphatic heterocycles. The number of nitrogens with zero attached hydrogens (tertiary/aromatic N) is 1.